The van der Waals surface area contributed by atoms with Gasteiger partial charge in [0.2, 0.25) is 0 Å². The number of nitrogens with one attached hydrogen (secondary N) is 1. The molecule has 1 N–H and O–H groups in total. The van der Waals surface area contributed by atoms with Gasteiger partial charge in [0.15, 0.2) is 0 Å². The number of fused-ring (bicyclic) bond motifs is 1. The first-order chi connectivity index (χ1) is 8.81. The van der Waals surface area contributed by atoms with E-state index in [9.17, 15) is 0 Å². The lowest BCUT2D eigenvalue weighted by atomic mass is 9.97. The van der Waals surface area contributed by atoms with Crippen molar-refractivity contribution in [3.8, 4) is 0 Å². The lowest BCUT2D eigenvalue weighted by Crippen LogP contribution is -2.36. The van der Waals surface area contributed by atoms with Crippen LogP contribution in [-0.2, 0) is 15.9 Å². The van der Waals surface area contributed by atoms with Gasteiger partial charge in [-0.15, -0.1) is 0 Å². The second kappa shape index (κ2) is 6.88. The molecule has 0 fully saturated rings. The summed E-state index contributed by atoms with van der Waals surface area (Å²) in [6, 6.07) is 8.93. The Bertz CT molecular complexity index is 367. The first-order valence-electron chi connectivity index (χ1n) is 6.81. The van der Waals surface area contributed by atoms with Crippen LogP contribution in [0.1, 0.15) is 31.1 Å². The molecule has 1 aromatic rings. The van der Waals surface area contributed by atoms with Crippen LogP contribution in [0.4, 0.5) is 0 Å². The highest BCUT2D eigenvalue weighted by molar-refractivity contribution is 5.31. The summed E-state index contributed by atoms with van der Waals surface area (Å²) in [5, 5.41) is 3.48. The van der Waals surface area contributed by atoms with Crippen molar-refractivity contribution in [1.29, 1.82) is 0 Å². The van der Waals surface area contributed by atoms with Crippen molar-refractivity contribution in [2.45, 2.75) is 32.4 Å². The maximum atomic E-state index is 5.86. The van der Waals surface area contributed by atoms with E-state index in [0.29, 0.717) is 6.04 Å². The van der Waals surface area contributed by atoms with Crippen LogP contribution in [0.15, 0.2) is 24.3 Å². The summed E-state index contributed by atoms with van der Waals surface area (Å²) in [6.07, 6.45) is 1.21. The smallest absolute Gasteiger partial charge is 0.0952 e. The van der Waals surface area contributed by atoms with Crippen LogP contribution < -0.4 is 5.32 Å². The average molecular weight is 249 g/mol. The molecule has 1 heterocycles. The molecular weight excluding hydrogens is 226 g/mol. The van der Waals surface area contributed by atoms with Crippen LogP contribution in [0.25, 0.3) is 0 Å². The van der Waals surface area contributed by atoms with Gasteiger partial charge in [0.1, 0.15) is 0 Å². The summed E-state index contributed by atoms with van der Waals surface area (Å²) in [7, 11) is 0. The third-order valence-electron chi connectivity index (χ3n) is 3.32. The first-order valence-corrected chi connectivity index (χ1v) is 6.81. The second-order valence-corrected chi connectivity index (χ2v) is 4.78. The van der Waals surface area contributed by atoms with E-state index in [-0.39, 0.29) is 6.10 Å². The molecule has 3 nitrogen and oxygen atoms in total. The van der Waals surface area contributed by atoms with E-state index >= 15 is 0 Å². The molecule has 1 aliphatic rings. The fraction of sp³-hybridized carbons (Fsp3) is 0.600. The summed E-state index contributed by atoms with van der Waals surface area (Å²) >= 11 is 0. The van der Waals surface area contributed by atoms with E-state index in [0.717, 1.165) is 32.8 Å². The number of hydrogen-bond donors (Lipinski definition) is 1. The molecule has 0 aliphatic carbocycles. The van der Waals surface area contributed by atoms with E-state index in [1.165, 1.54) is 11.1 Å². The van der Waals surface area contributed by atoms with Gasteiger partial charge in [-0.1, -0.05) is 24.3 Å². The number of hydrogen-bond acceptors (Lipinski definition) is 3. The SMILES string of the molecule is CCOCC(C)NCC1OCCc2ccccc21. The molecule has 3 heteroatoms. The van der Waals surface area contributed by atoms with Gasteiger partial charge >= 0.3 is 0 Å². The predicted octanol–water partition coefficient (Wildman–Crippen LogP) is 2.32. The molecule has 100 valence electrons. The standard InChI is InChI=1S/C15H23NO2/c1-3-17-11-12(2)16-10-15-14-7-5-4-6-13(14)8-9-18-15/h4-7,12,15-16H,3,8-11H2,1-2H3. The summed E-state index contributed by atoms with van der Waals surface area (Å²) < 4.78 is 11.3. The minimum absolute atomic E-state index is 0.180. The zero-order valence-corrected chi connectivity index (χ0v) is 11.3. The monoisotopic (exact) mass is 249 g/mol. The molecule has 2 atom stereocenters. The highest BCUT2D eigenvalue weighted by Crippen LogP contribution is 2.26. The van der Waals surface area contributed by atoms with E-state index in [4.69, 9.17) is 9.47 Å². The molecule has 1 aliphatic heterocycles. The Kier molecular flexibility index (Phi) is 5.17. The number of benzene rings is 1. The average Bonchev–Trinajstić information content (AvgIpc) is 2.42. The summed E-state index contributed by atoms with van der Waals surface area (Å²) in [5.74, 6) is 0. The van der Waals surface area contributed by atoms with E-state index < -0.39 is 0 Å². The summed E-state index contributed by atoms with van der Waals surface area (Å²) in [4.78, 5) is 0. The minimum Gasteiger partial charge on any atom is -0.380 e. The van der Waals surface area contributed by atoms with E-state index in [2.05, 4.69) is 36.5 Å². The zero-order chi connectivity index (χ0) is 12.8. The van der Waals surface area contributed by atoms with Gasteiger partial charge in [0.05, 0.1) is 19.3 Å². The third-order valence-corrected chi connectivity index (χ3v) is 3.32. The Balaban J connectivity index is 1.87. The Morgan fingerprint density at radius 2 is 2.28 bits per heavy atom. The van der Waals surface area contributed by atoms with Crippen LogP contribution in [0.3, 0.4) is 0 Å². The van der Waals surface area contributed by atoms with Crippen LogP contribution in [0, 0.1) is 0 Å². The maximum Gasteiger partial charge on any atom is 0.0952 e. The second-order valence-electron chi connectivity index (χ2n) is 4.78. The molecule has 18 heavy (non-hydrogen) atoms. The molecule has 1 aromatic carbocycles. The molecule has 0 amide bonds. The van der Waals surface area contributed by atoms with Crippen molar-refractivity contribution in [2.75, 3.05) is 26.4 Å². The topological polar surface area (TPSA) is 30.5 Å². The molecule has 2 rings (SSSR count). The summed E-state index contributed by atoms with van der Waals surface area (Å²) in [5.41, 5.74) is 2.76. The fourth-order valence-electron chi connectivity index (χ4n) is 2.31. The minimum atomic E-state index is 0.180. The molecule has 0 saturated heterocycles. The Hall–Kier alpha value is -0.900. The number of rotatable bonds is 6. The zero-order valence-electron chi connectivity index (χ0n) is 11.3. The van der Waals surface area contributed by atoms with Crippen LogP contribution >= 0.6 is 0 Å². The highest BCUT2D eigenvalue weighted by atomic mass is 16.5. The van der Waals surface area contributed by atoms with Crippen molar-refractivity contribution >= 4 is 0 Å². The molecular formula is C15H23NO2. The predicted molar refractivity (Wildman–Crippen MR) is 72.8 cm³/mol. The Morgan fingerprint density at radius 3 is 3.11 bits per heavy atom. The van der Waals surface area contributed by atoms with Crippen LogP contribution in [-0.4, -0.2) is 32.4 Å². The van der Waals surface area contributed by atoms with Crippen molar-refractivity contribution in [3.05, 3.63) is 35.4 Å². The van der Waals surface area contributed by atoms with E-state index in [1.807, 2.05) is 6.92 Å². The number of ether oxygens (including phenoxy) is 2. The molecule has 0 bridgehead atoms. The van der Waals surface area contributed by atoms with Gasteiger partial charge in [0.25, 0.3) is 0 Å². The van der Waals surface area contributed by atoms with Crippen molar-refractivity contribution in [2.24, 2.45) is 0 Å². The van der Waals surface area contributed by atoms with Crippen molar-refractivity contribution in [1.82, 2.24) is 5.32 Å². The Morgan fingerprint density at radius 1 is 1.44 bits per heavy atom. The Labute approximate surface area is 109 Å². The van der Waals surface area contributed by atoms with Gasteiger partial charge in [0, 0.05) is 19.2 Å². The normalized spacial score (nSPS) is 20.4. The maximum absolute atomic E-state index is 5.86. The van der Waals surface area contributed by atoms with E-state index in [1.54, 1.807) is 0 Å². The first kappa shape index (κ1) is 13.5. The molecule has 0 radical (unpaired) electrons. The van der Waals surface area contributed by atoms with Gasteiger partial charge in [-0.2, -0.15) is 0 Å². The van der Waals surface area contributed by atoms with Crippen molar-refractivity contribution < 1.29 is 9.47 Å². The molecule has 0 spiro atoms. The van der Waals surface area contributed by atoms with Gasteiger partial charge < -0.3 is 14.8 Å². The molecule has 0 saturated carbocycles. The van der Waals surface area contributed by atoms with Crippen LogP contribution in [0.2, 0.25) is 0 Å². The van der Waals surface area contributed by atoms with Gasteiger partial charge in [-0.3, -0.25) is 0 Å². The van der Waals surface area contributed by atoms with Crippen molar-refractivity contribution in [3.63, 3.8) is 0 Å². The van der Waals surface area contributed by atoms with Gasteiger partial charge in [-0.25, -0.2) is 0 Å². The lowest BCUT2D eigenvalue weighted by Gasteiger charge is -2.27. The van der Waals surface area contributed by atoms with Crippen LogP contribution in [0.5, 0.6) is 0 Å². The summed E-state index contributed by atoms with van der Waals surface area (Å²) in [6.45, 7) is 7.37. The lowest BCUT2D eigenvalue weighted by molar-refractivity contribution is 0.0374. The highest BCUT2D eigenvalue weighted by Gasteiger charge is 2.20. The largest absolute Gasteiger partial charge is 0.380 e. The van der Waals surface area contributed by atoms with Gasteiger partial charge in [-0.05, 0) is 31.4 Å². The molecule has 0 aromatic heterocycles. The molecule has 2 unspecified atom stereocenters. The quantitative estimate of drug-likeness (QED) is 0.839. The third kappa shape index (κ3) is 3.55. The fourth-order valence-corrected chi connectivity index (χ4v) is 2.31.